The van der Waals surface area contributed by atoms with E-state index < -0.39 is 11.9 Å². The average molecular weight is 253 g/mol. The lowest BCUT2D eigenvalue weighted by molar-refractivity contribution is -0.128. The summed E-state index contributed by atoms with van der Waals surface area (Å²) >= 11 is 0. The van der Waals surface area contributed by atoms with Crippen molar-refractivity contribution in [3.8, 4) is 5.75 Å². The van der Waals surface area contributed by atoms with Gasteiger partial charge in [-0.1, -0.05) is 26.0 Å². The molecule has 2 atom stereocenters. The van der Waals surface area contributed by atoms with Crippen LogP contribution in [0.25, 0.3) is 0 Å². The van der Waals surface area contributed by atoms with Crippen LogP contribution in [0.3, 0.4) is 0 Å². The first-order chi connectivity index (χ1) is 8.58. The Hall–Kier alpha value is -1.58. The van der Waals surface area contributed by atoms with E-state index in [0.717, 1.165) is 6.42 Å². The molecule has 0 saturated carbocycles. The van der Waals surface area contributed by atoms with Gasteiger partial charge in [0.25, 0.3) is 5.91 Å². The fraction of sp³-hybridized carbons (Fsp3) is 0.500. The van der Waals surface area contributed by atoms with Crippen molar-refractivity contribution in [2.75, 3.05) is 0 Å². The fourth-order valence-electron chi connectivity index (χ4n) is 1.45. The number of hydrogen-bond donors (Lipinski definition) is 1. The lowest BCUT2D eigenvalue weighted by Gasteiger charge is -2.20. The normalized spacial score (nSPS) is 13.8. The van der Waals surface area contributed by atoms with Crippen LogP contribution < -0.4 is 10.1 Å². The van der Waals surface area contributed by atoms with Crippen LogP contribution in [0.5, 0.6) is 5.75 Å². The van der Waals surface area contributed by atoms with Crippen LogP contribution in [0.15, 0.2) is 24.3 Å². The summed E-state index contributed by atoms with van der Waals surface area (Å²) < 4.78 is 18.8. The van der Waals surface area contributed by atoms with E-state index in [2.05, 4.69) is 5.32 Å². The first-order valence-corrected chi connectivity index (χ1v) is 6.30. The van der Waals surface area contributed by atoms with Crippen molar-refractivity contribution in [2.45, 2.75) is 45.8 Å². The van der Waals surface area contributed by atoms with Gasteiger partial charge in [-0.3, -0.25) is 4.79 Å². The maximum Gasteiger partial charge on any atom is 0.261 e. The molecule has 0 aromatic heterocycles. The molecule has 1 aromatic rings. The van der Waals surface area contributed by atoms with Gasteiger partial charge >= 0.3 is 0 Å². The summed E-state index contributed by atoms with van der Waals surface area (Å²) in [7, 11) is 0. The Labute approximate surface area is 107 Å². The second kappa shape index (κ2) is 6.99. The average Bonchev–Trinajstić information content (AvgIpc) is 2.37. The minimum atomic E-state index is -0.657. The number of carbonyl (C=O) groups excluding carboxylic acids is 1. The van der Waals surface area contributed by atoms with Gasteiger partial charge in [0.05, 0.1) is 0 Å². The van der Waals surface area contributed by atoms with E-state index in [9.17, 15) is 9.18 Å². The summed E-state index contributed by atoms with van der Waals surface area (Å²) in [6.45, 7) is 5.75. The van der Waals surface area contributed by atoms with E-state index >= 15 is 0 Å². The Morgan fingerprint density at radius 2 is 2.00 bits per heavy atom. The maximum absolute atomic E-state index is 13.4. The summed E-state index contributed by atoms with van der Waals surface area (Å²) in [5, 5.41) is 2.83. The highest BCUT2D eigenvalue weighted by Crippen LogP contribution is 2.18. The molecule has 0 spiro atoms. The van der Waals surface area contributed by atoms with Crippen molar-refractivity contribution in [1.82, 2.24) is 5.32 Å². The molecule has 0 aliphatic carbocycles. The summed E-state index contributed by atoms with van der Waals surface area (Å²) in [5.41, 5.74) is 0. The SMILES string of the molecule is CC[C@@H](C)NC(=O)[C@@H](CC)Oc1ccccc1F. The molecule has 1 aromatic carbocycles. The third-order valence-electron chi connectivity index (χ3n) is 2.77. The van der Waals surface area contributed by atoms with Crippen LogP contribution in [-0.4, -0.2) is 18.1 Å². The Morgan fingerprint density at radius 3 is 2.56 bits per heavy atom. The molecule has 0 unspecified atom stereocenters. The third kappa shape index (κ3) is 4.02. The first-order valence-electron chi connectivity index (χ1n) is 6.30. The Kier molecular flexibility index (Phi) is 5.62. The number of para-hydroxylation sites is 1. The quantitative estimate of drug-likeness (QED) is 0.846. The molecular weight excluding hydrogens is 233 g/mol. The van der Waals surface area contributed by atoms with Gasteiger partial charge in [0.1, 0.15) is 0 Å². The van der Waals surface area contributed by atoms with E-state index in [1.165, 1.54) is 12.1 Å². The molecule has 100 valence electrons. The van der Waals surface area contributed by atoms with Crippen molar-refractivity contribution < 1.29 is 13.9 Å². The molecular formula is C14H20FNO2. The maximum atomic E-state index is 13.4. The van der Waals surface area contributed by atoms with Crippen LogP contribution >= 0.6 is 0 Å². The second-order valence-electron chi connectivity index (χ2n) is 4.26. The molecule has 0 bridgehead atoms. The van der Waals surface area contributed by atoms with Crippen LogP contribution in [-0.2, 0) is 4.79 Å². The predicted molar refractivity (Wildman–Crippen MR) is 69.0 cm³/mol. The topological polar surface area (TPSA) is 38.3 Å². The lowest BCUT2D eigenvalue weighted by atomic mass is 10.2. The van der Waals surface area contributed by atoms with Gasteiger partial charge in [-0.25, -0.2) is 4.39 Å². The monoisotopic (exact) mass is 253 g/mol. The van der Waals surface area contributed by atoms with Crippen molar-refractivity contribution >= 4 is 5.91 Å². The number of amides is 1. The van der Waals surface area contributed by atoms with E-state index in [0.29, 0.717) is 6.42 Å². The highest BCUT2D eigenvalue weighted by atomic mass is 19.1. The van der Waals surface area contributed by atoms with Gasteiger partial charge in [0, 0.05) is 6.04 Å². The first kappa shape index (κ1) is 14.5. The van der Waals surface area contributed by atoms with Gasteiger partial charge < -0.3 is 10.1 Å². The summed E-state index contributed by atoms with van der Waals surface area (Å²) in [5.74, 6) is -0.536. The van der Waals surface area contributed by atoms with Crippen LogP contribution in [0.4, 0.5) is 4.39 Å². The zero-order chi connectivity index (χ0) is 13.5. The van der Waals surface area contributed by atoms with Crippen molar-refractivity contribution in [3.05, 3.63) is 30.1 Å². The smallest absolute Gasteiger partial charge is 0.261 e. The highest BCUT2D eigenvalue weighted by molar-refractivity contribution is 5.81. The number of halogens is 1. The number of nitrogens with one attached hydrogen (secondary N) is 1. The molecule has 1 amide bonds. The summed E-state index contributed by atoms with van der Waals surface area (Å²) in [6.07, 6.45) is 0.689. The largest absolute Gasteiger partial charge is 0.478 e. The minimum absolute atomic E-state index is 0.0933. The van der Waals surface area contributed by atoms with E-state index in [-0.39, 0.29) is 17.7 Å². The molecule has 0 saturated heterocycles. The molecule has 3 nitrogen and oxygen atoms in total. The number of benzene rings is 1. The van der Waals surface area contributed by atoms with Crippen LogP contribution in [0.2, 0.25) is 0 Å². The highest BCUT2D eigenvalue weighted by Gasteiger charge is 2.20. The molecule has 1 rings (SSSR count). The zero-order valence-corrected chi connectivity index (χ0v) is 11.1. The van der Waals surface area contributed by atoms with Gasteiger partial charge in [0.15, 0.2) is 17.7 Å². The molecule has 0 aliphatic heterocycles. The van der Waals surface area contributed by atoms with Gasteiger partial charge in [-0.05, 0) is 31.9 Å². The molecule has 0 radical (unpaired) electrons. The van der Waals surface area contributed by atoms with Crippen molar-refractivity contribution in [1.29, 1.82) is 0 Å². The number of ether oxygens (including phenoxy) is 1. The standard InChI is InChI=1S/C14H20FNO2/c1-4-10(3)16-14(17)12(5-2)18-13-9-7-6-8-11(13)15/h6-10,12H,4-5H2,1-3H3,(H,16,17)/t10-,12-/m1/s1. The van der Waals surface area contributed by atoms with Crippen molar-refractivity contribution in [2.24, 2.45) is 0 Å². The zero-order valence-electron chi connectivity index (χ0n) is 11.1. The Balaban J connectivity index is 2.67. The number of carbonyl (C=O) groups is 1. The number of hydrogen-bond acceptors (Lipinski definition) is 2. The van der Waals surface area contributed by atoms with E-state index in [1.807, 2.05) is 20.8 Å². The molecule has 1 N–H and O–H groups in total. The predicted octanol–water partition coefficient (Wildman–Crippen LogP) is 2.90. The number of rotatable bonds is 6. The summed E-state index contributed by atoms with van der Waals surface area (Å²) in [4.78, 5) is 11.9. The molecule has 4 heteroatoms. The van der Waals surface area contributed by atoms with E-state index in [1.54, 1.807) is 12.1 Å². The fourth-order valence-corrected chi connectivity index (χ4v) is 1.45. The molecule has 0 fully saturated rings. The molecule has 18 heavy (non-hydrogen) atoms. The Bertz CT molecular complexity index is 395. The third-order valence-corrected chi connectivity index (χ3v) is 2.77. The van der Waals surface area contributed by atoms with Gasteiger partial charge in [-0.2, -0.15) is 0 Å². The van der Waals surface area contributed by atoms with Crippen LogP contribution in [0.1, 0.15) is 33.6 Å². The van der Waals surface area contributed by atoms with Crippen molar-refractivity contribution in [3.63, 3.8) is 0 Å². The molecule has 0 aliphatic rings. The lowest BCUT2D eigenvalue weighted by Crippen LogP contribution is -2.42. The minimum Gasteiger partial charge on any atom is -0.478 e. The second-order valence-corrected chi connectivity index (χ2v) is 4.26. The van der Waals surface area contributed by atoms with Gasteiger partial charge in [0.2, 0.25) is 0 Å². The van der Waals surface area contributed by atoms with E-state index in [4.69, 9.17) is 4.74 Å². The molecule has 0 heterocycles. The van der Waals surface area contributed by atoms with Crippen LogP contribution in [0, 0.1) is 5.82 Å². The van der Waals surface area contributed by atoms with Gasteiger partial charge in [-0.15, -0.1) is 0 Å². The summed E-state index contributed by atoms with van der Waals surface area (Å²) in [6, 6.07) is 6.19. The Morgan fingerprint density at radius 1 is 1.33 bits per heavy atom.